The van der Waals surface area contributed by atoms with Crippen molar-refractivity contribution in [1.29, 1.82) is 0 Å². The van der Waals surface area contributed by atoms with E-state index in [-0.39, 0.29) is 0 Å². The average Bonchev–Trinajstić information content (AvgIpc) is 3.64. The molecule has 0 unspecified atom stereocenters. The van der Waals surface area contributed by atoms with Crippen molar-refractivity contribution in [2.75, 3.05) is 5.32 Å². The molecule has 1 aromatic heterocycles. The van der Waals surface area contributed by atoms with Crippen molar-refractivity contribution in [3.63, 3.8) is 0 Å². The summed E-state index contributed by atoms with van der Waals surface area (Å²) in [6.45, 7) is 0. The maximum Gasteiger partial charge on any atom is 0.137 e. The molecule has 2 aliphatic rings. The van der Waals surface area contributed by atoms with Gasteiger partial charge >= 0.3 is 0 Å². The van der Waals surface area contributed by atoms with Gasteiger partial charge in [-0.3, -0.25) is 0 Å². The van der Waals surface area contributed by atoms with Crippen molar-refractivity contribution in [3.05, 3.63) is 180 Å². The summed E-state index contributed by atoms with van der Waals surface area (Å²) >= 11 is 0. The number of ether oxygens (including phenoxy) is 1. The molecule has 8 aromatic rings. The second-order valence-corrected chi connectivity index (χ2v) is 12.1. The lowest BCUT2D eigenvalue weighted by Gasteiger charge is -2.39. The summed E-state index contributed by atoms with van der Waals surface area (Å²) in [7, 11) is 0. The van der Waals surface area contributed by atoms with E-state index >= 15 is 0 Å². The van der Waals surface area contributed by atoms with Crippen molar-refractivity contribution in [1.82, 2.24) is 0 Å². The number of furan rings is 1. The molecule has 7 aromatic carbocycles. The molecule has 0 radical (unpaired) electrons. The molecular weight excluding hydrogens is 562 g/mol. The van der Waals surface area contributed by atoms with Gasteiger partial charge < -0.3 is 14.5 Å². The fourth-order valence-electron chi connectivity index (χ4n) is 7.89. The molecule has 3 nitrogen and oxygen atoms in total. The Bertz CT molecular complexity index is 2440. The van der Waals surface area contributed by atoms with Crippen molar-refractivity contribution in [2.24, 2.45) is 0 Å². The Balaban J connectivity index is 1.21. The minimum absolute atomic E-state index is 0.506. The highest BCUT2D eigenvalue weighted by atomic mass is 16.5. The van der Waals surface area contributed by atoms with Gasteiger partial charge in [0.1, 0.15) is 22.7 Å². The van der Waals surface area contributed by atoms with Gasteiger partial charge in [-0.1, -0.05) is 115 Å². The Kier molecular flexibility index (Phi) is 5.20. The first-order chi connectivity index (χ1) is 22.8. The Morgan fingerprint density at radius 1 is 0.457 bits per heavy atom. The molecule has 1 aliphatic heterocycles. The standard InChI is InChI=1S/C43H27NO2/c1-2-12-27(13-3-1)28-24-25-37-30(26-28)42-36(20-11-23-40(42)45-37)44-35-19-10-18-34-41(35)29-14-4-5-15-31(29)43(34)32-16-6-8-21-38(32)46-39-22-9-7-17-33(39)43/h1-26,44H. The van der Waals surface area contributed by atoms with Crippen LogP contribution in [0.25, 0.3) is 44.2 Å². The van der Waals surface area contributed by atoms with Gasteiger partial charge in [-0.05, 0) is 70.3 Å². The quantitative estimate of drug-likeness (QED) is 0.223. The van der Waals surface area contributed by atoms with Crippen LogP contribution in [0, 0.1) is 0 Å². The highest BCUT2D eigenvalue weighted by Crippen LogP contribution is 2.63. The van der Waals surface area contributed by atoms with Crippen molar-refractivity contribution in [2.45, 2.75) is 5.41 Å². The summed E-state index contributed by atoms with van der Waals surface area (Å²) in [5.41, 5.74) is 12.9. The van der Waals surface area contributed by atoms with Gasteiger partial charge in [0, 0.05) is 27.8 Å². The smallest absolute Gasteiger partial charge is 0.137 e. The van der Waals surface area contributed by atoms with E-state index in [4.69, 9.17) is 9.15 Å². The monoisotopic (exact) mass is 589 g/mol. The van der Waals surface area contributed by atoms with Crippen molar-refractivity contribution < 1.29 is 9.15 Å². The van der Waals surface area contributed by atoms with Crippen molar-refractivity contribution in [3.8, 4) is 33.8 Å². The van der Waals surface area contributed by atoms with E-state index in [0.717, 1.165) is 55.9 Å². The van der Waals surface area contributed by atoms with Gasteiger partial charge in [-0.25, -0.2) is 0 Å². The zero-order chi connectivity index (χ0) is 30.2. The van der Waals surface area contributed by atoms with Crippen LogP contribution >= 0.6 is 0 Å². The molecule has 3 heteroatoms. The fraction of sp³-hybridized carbons (Fsp3) is 0.0233. The molecule has 0 saturated heterocycles. The van der Waals surface area contributed by atoms with Gasteiger partial charge in [0.05, 0.1) is 16.5 Å². The van der Waals surface area contributed by atoms with Crippen LogP contribution in [0.15, 0.2) is 162 Å². The number of nitrogens with one attached hydrogen (secondary N) is 1. The van der Waals surface area contributed by atoms with E-state index in [2.05, 4.69) is 163 Å². The molecule has 1 spiro atoms. The minimum Gasteiger partial charge on any atom is -0.457 e. The summed E-state index contributed by atoms with van der Waals surface area (Å²) in [6, 6.07) is 55.7. The Hall–Kier alpha value is -6.06. The number of benzene rings is 7. The number of para-hydroxylation sites is 2. The zero-order valence-electron chi connectivity index (χ0n) is 24.8. The summed E-state index contributed by atoms with van der Waals surface area (Å²) < 4.78 is 12.9. The third-order valence-electron chi connectivity index (χ3n) is 9.74. The van der Waals surface area contributed by atoms with E-state index in [9.17, 15) is 0 Å². The maximum atomic E-state index is 6.52. The van der Waals surface area contributed by atoms with E-state index in [1.807, 2.05) is 0 Å². The summed E-state index contributed by atoms with van der Waals surface area (Å²) in [5.74, 6) is 1.79. The molecule has 0 amide bonds. The highest BCUT2D eigenvalue weighted by Gasteiger charge is 2.51. The van der Waals surface area contributed by atoms with Crippen molar-refractivity contribution >= 4 is 33.3 Å². The molecular formula is C43H27NO2. The molecule has 0 fully saturated rings. The van der Waals surface area contributed by atoms with E-state index in [0.29, 0.717) is 0 Å². The van der Waals surface area contributed by atoms with Crippen LogP contribution in [0.2, 0.25) is 0 Å². The first kappa shape index (κ1) is 25.3. The molecule has 46 heavy (non-hydrogen) atoms. The van der Waals surface area contributed by atoms with Crippen LogP contribution in [0.1, 0.15) is 22.3 Å². The average molecular weight is 590 g/mol. The van der Waals surface area contributed by atoms with Crippen LogP contribution in [-0.2, 0) is 5.41 Å². The van der Waals surface area contributed by atoms with Crippen LogP contribution in [0.5, 0.6) is 11.5 Å². The van der Waals surface area contributed by atoms with Gasteiger partial charge in [0.2, 0.25) is 0 Å². The second-order valence-electron chi connectivity index (χ2n) is 12.1. The molecule has 0 atom stereocenters. The number of hydrogen-bond donors (Lipinski definition) is 1. The first-order valence-electron chi connectivity index (χ1n) is 15.7. The lowest BCUT2D eigenvalue weighted by molar-refractivity contribution is 0.436. The molecule has 0 saturated carbocycles. The predicted molar refractivity (Wildman–Crippen MR) is 186 cm³/mol. The SMILES string of the molecule is c1ccc(-c2ccc3oc4cccc(Nc5cccc6c5-c5ccccc5C65c6ccccc6Oc6ccccc65)c4c3c2)cc1. The molecule has 2 heterocycles. The van der Waals surface area contributed by atoms with Crippen LogP contribution in [0.4, 0.5) is 11.4 Å². The Labute approximate surface area is 266 Å². The third-order valence-corrected chi connectivity index (χ3v) is 9.74. The zero-order valence-corrected chi connectivity index (χ0v) is 24.8. The topological polar surface area (TPSA) is 34.4 Å². The maximum absolute atomic E-state index is 6.52. The fourth-order valence-corrected chi connectivity index (χ4v) is 7.89. The van der Waals surface area contributed by atoms with Gasteiger partial charge in [-0.2, -0.15) is 0 Å². The van der Waals surface area contributed by atoms with Crippen LogP contribution < -0.4 is 10.1 Å². The lowest BCUT2D eigenvalue weighted by atomic mass is 9.66. The normalized spacial score (nSPS) is 13.6. The summed E-state index contributed by atoms with van der Waals surface area (Å²) in [4.78, 5) is 0. The summed E-state index contributed by atoms with van der Waals surface area (Å²) in [6.07, 6.45) is 0. The van der Waals surface area contributed by atoms with Gasteiger partial charge in [-0.15, -0.1) is 0 Å². The number of anilines is 2. The molecule has 0 bridgehead atoms. The number of rotatable bonds is 3. The molecule has 216 valence electrons. The van der Waals surface area contributed by atoms with E-state index in [1.54, 1.807) is 0 Å². The number of fused-ring (bicyclic) bond motifs is 12. The van der Waals surface area contributed by atoms with E-state index in [1.165, 1.54) is 33.4 Å². The number of hydrogen-bond acceptors (Lipinski definition) is 3. The lowest BCUT2D eigenvalue weighted by Crippen LogP contribution is -2.32. The third kappa shape index (κ3) is 3.37. The van der Waals surface area contributed by atoms with Crippen LogP contribution in [0.3, 0.4) is 0 Å². The van der Waals surface area contributed by atoms with Gasteiger partial charge in [0.25, 0.3) is 0 Å². The second kappa shape index (κ2) is 9.47. The Morgan fingerprint density at radius 3 is 1.91 bits per heavy atom. The molecule has 1 N–H and O–H groups in total. The van der Waals surface area contributed by atoms with Crippen LogP contribution in [-0.4, -0.2) is 0 Å². The van der Waals surface area contributed by atoms with E-state index < -0.39 is 5.41 Å². The highest BCUT2D eigenvalue weighted by molar-refractivity contribution is 6.13. The summed E-state index contributed by atoms with van der Waals surface area (Å²) in [5, 5.41) is 6.08. The Morgan fingerprint density at radius 2 is 1.11 bits per heavy atom. The predicted octanol–water partition coefficient (Wildman–Crippen LogP) is 11.5. The first-order valence-corrected chi connectivity index (χ1v) is 15.7. The minimum atomic E-state index is -0.506. The molecule has 1 aliphatic carbocycles. The van der Waals surface area contributed by atoms with Gasteiger partial charge in [0.15, 0.2) is 0 Å². The molecule has 10 rings (SSSR count). The largest absolute Gasteiger partial charge is 0.457 e.